The molecular formula is C15H24N6O2. The molecule has 0 saturated heterocycles. The van der Waals surface area contributed by atoms with E-state index in [1.54, 1.807) is 29.2 Å². The van der Waals surface area contributed by atoms with Gasteiger partial charge in [0.15, 0.2) is 11.2 Å². The Morgan fingerprint density at radius 3 is 2.74 bits per heavy atom. The van der Waals surface area contributed by atoms with E-state index in [9.17, 15) is 4.79 Å². The lowest BCUT2D eigenvalue weighted by molar-refractivity contribution is -0.0332. The summed E-state index contributed by atoms with van der Waals surface area (Å²) in [5, 5.41) is 0. The fraction of sp³-hybridized carbons (Fsp3) is 0.600. The normalized spacial score (nSPS) is 14.5. The summed E-state index contributed by atoms with van der Waals surface area (Å²) >= 11 is 0. The predicted octanol–water partition coefficient (Wildman–Crippen LogP) is 1.69. The van der Waals surface area contributed by atoms with E-state index in [0.717, 1.165) is 6.42 Å². The number of hydrogen-bond donors (Lipinski definition) is 0. The first-order valence-corrected chi connectivity index (χ1v) is 7.64. The largest absolute Gasteiger partial charge is 0.369 e. The van der Waals surface area contributed by atoms with Gasteiger partial charge in [-0.15, -0.1) is 0 Å². The van der Waals surface area contributed by atoms with Gasteiger partial charge in [0.05, 0.1) is 18.8 Å². The topological polar surface area (TPSA) is 77.5 Å². The fourth-order valence-electron chi connectivity index (χ4n) is 2.08. The Morgan fingerprint density at radius 1 is 1.43 bits per heavy atom. The van der Waals surface area contributed by atoms with Crippen molar-refractivity contribution in [3.8, 4) is 0 Å². The zero-order valence-electron chi connectivity index (χ0n) is 14.5. The molecule has 8 heteroatoms. The molecule has 2 rings (SSSR count). The number of rotatable bonds is 6. The van der Waals surface area contributed by atoms with Crippen LogP contribution in [0.1, 0.15) is 33.4 Å². The summed E-state index contributed by atoms with van der Waals surface area (Å²) < 4.78 is 9.04. The third-order valence-electron chi connectivity index (χ3n) is 3.58. The molecule has 2 atom stereocenters. The number of imidazole rings is 1. The summed E-state index contributed by atoms with van der Waals surface area (Å²) in [6.07, 6.45) is 3.95. The summed E-state index contributed by atoms with van der Waals surface area (Å²) in [6, 6.07) is 0. The first-order chi connectivity index (χ1) is 10.8. The minimum absolute atomic E-state index is 0.111. The number of hydrogen-bond acceptors (Lipinski definition) is 5. The van der Waals surface area contributed by atoms with Crippen molar-refractivity contribution in [2.24, 2.45) is 12.0 Å². The van der Waals surface area contributed by atoms with Crippen molar-refractivity contribution in [1.82, 2.24) is 24.0 Å². The molecule has 0 unspecified atom stereocenters. The first kappa shape index (κ1) is 17.1. The Balaban J connectivity index is 2.51. The van der Waals surface area contributed by atoms with E-state index >= 15 is 0 Å². The molecule has 2 heterocycles. The van der Waals surface area contributed by atoms with Gasteiger partial charge in [-0.2, -0.15) is 4.98 Å². The lowest BCUT2D eigenvalue weighted by atomic mass is 10.3. The van der Waals surface area contributed by atoms with Gasteiger partial charge in [0, 0.05) is 21.1 Å². The van der Waals surface area contributed by atoms with Crippen LogP contribution in [0.5, 0.6) is 0 Å². The number of aromatic nitrogens is 4. The second kappa shape index (κ2) is 6.91. The second-order valence-electron chi connectivity index (χ2n) is 5.76. The van der Waals surface area contributed by atoms with Crippen LogP contribution < -0.4 is 5.56 Å². The zero-order chi connectivity index (χ0) is 17.1. The van der Waals surface area contributed by atoms with Crippen molar-refractivity contribution in [3.63, 3.8) is 0 Å². The van der Waals surface area contributed by atoms with E-state index in [2.05, 4.69) is 21.9 Å². The summed E-state index contributed by atoms with van der Waals surface area (Å²) in [6.45, 7) is 5.98. The molecule has 0 amide bonds. The molecule has 0 aliphatic rings. The second-order valence-corrected chi connectivity index (χ2v) is 5.76. The lowest BCUT2D eigenvalue weighted by Gasteiger charge is -2.19. The van der Waals surface area contributed by atoms with Crippen molar-refractivity contribution in [2.75, 3.05) is 14.1 Å². The summed E-state index contributed by atoms with van der Waals surface area (Å²) in [5.74, 6) is 0.327. The highest BCUT2D eigenvalue weighted by molar-refractivity contribution is 5.71. The maximum Gasteiger partial charge on any atom is 0.282 e. The van der Waals surface area contributed by atoms with Gasteiger partial charge in [0.25, 0.3) is 5.56 Å². The highest BCUT2D eigenvalue weighted by Gasteiger charge is 2.17. The lowest BCUT2D eigenvalue weighted by Crippen LogP contribution is -2.20. The molecule has 0 aromatic carbocycles. The summed E-state index contributed by atoms with van der Waals surface area (Å²) in [4.78, 5) is 27.1. The molecule has 0 saturated carbocycles. The van der Waals surface area contributed by atoms with Gasteiger partial charge in [-0.3, -0.25) is 13.9 Å². The van der Waals surface area contributed by atoms with Crippen LogP contribution in [0.4, 0.5) is 5.95 Å². The molecule has 0 radical (unpaired) electrons. The fourth-order valence-corrected chi connectivity index (χ4v) is 2.08. The van der Waals surface area contributed by atoms with E-state index in [1.165, 1.54) is 4.57 Å². The van der Waals surface area contributed by atoms with Crippen LogP contribution in [0.3, 0.4) is 0 Å². The summed E-state index contributed by atoms with van der Waals surface area (Å²) in [7, 11) is 5.34. The standard InChI is InChI=1S/C15H24N6O2/c1-7-10(2)23-11(3)21-9-16-12-13(21)18-15(17-8-19(4)5)20(6)14(12)22/h8-11H,7H2,1-6H3/t10-,11+/m0/s1. The van der Waals surface area contributed by atoms with Crippen LogP contribution in [-0.4, -0.2) is 50.5 Å². The molecule has 126 valence electrons. The Morgan fingerprint density at radius 2 is 2.13 bits per heavy atom. The van der Waals surface area contributed by atoms with Crippen molar-refractivity contribution >= 4 is 23.5 Å². The van der Waals surface area contributed by atoms with Crippen molar-refractivity contribution in [3.05, 3.63) is 16.7 Å². The quantitative estimate of drug-likeness (QED) is 0.598. The van der Waals surface area contributed by atoms with Gasteiger partial charge in [0.1, 0.15) is 6.23 Å². The van der Waals surface area contributed by atoms with E-state index in [1.807, 2.05) is 27.9 Å². The van der Waals surface area contributed by atoms with Gasteiger partial charge in [-0.05, 0) is 20.3 Å². The molecule has 0 fully saturated rings. The van der Waals surface area contributed by atoms with E-state index < -0.39 is 0 Å². The average molecular weight is 320 g/mol. The molecule has 2 aromatic rings. The van der Waals surface area contributed by atoms with Crippen LogP contribution in [0.2, 0.25) is 0 Å². The highest BCUT2D eigenvalue weighted by atomic mass is 16.5. The minimum atomic E-state index is -0.264. The number of aliphatic imine (C=N–C) groups is 1. The van der Waals surface area contributed by atoms with E-state index in [-0.39, 0.29) is 17.9 Å². The number of ether oxygens (including phenoxy) is 1. The third-order valence-corrected chi connectivity index (χ3v) is 3.58. The monoisotopic (exact) mass is 320 g/mol. The van der Waals surface area contributed by atoms with E-state index in [4.69, 9.17) is 4.74 Å². The molecule has 0 bridgehead atoms. The minimum Gasteiger partial charge on any atom is -0.369 e. The van der Waals surface area contributed by atoms with Gasteiger partial charge in [0.2, 0.25) is 5.95 Å². The Kier molecular flexibility index (Phi) is 5.15. The van der Waals surface area contributed by atoms with Crippen LogP contribution >= 0.6 is 0 Å². The average Bonchev–Trinajstić information content (AvgIpc) is 2.93. The van der Waals surface area contributed by atoms with Gasteiger partial charge in [-0.25, -0.2) is 9.98 Å². The van der Waals surface area contributed by atoms with Crippen molar-refractivity contribution in [2.45, 2.75) is 39.5 Å². The molecule has 8 nitrogen and oxygen atoms in total. The first-order valence-electron chi connectivity index (χ1n) is 7.64. The maximum absolute atomic E-state index is 12.4. The molecular weight excluding hydrogens is 296 g/mol. The van der Waals surface area contributed by atoms with E-state index in [0.29, 0.717) is 17.1 Å². The number of nitrogens with zero attached hydrogens (tertiary/aromatic N) is 6. The number of fused-ring (bicyclic) bond motifs is 1. The SMILES string of the molecule is CC[C@H](C)O[C@H](C)n1cnc2c(=O)n(C)c(N=CN(C)C)nc21. The maximum atomic E-state index is 12.4. The van der Waals surface area contributed by atoms with Crippen LogP contribution in [0, 0.1) is 0 Å². The summed E-state index contributed by atoms with van der Waals surface area (Å²) in [5.41, 5.74) is 0.570. The van der Waals surface area contributed by atoms with Gasteiger partial charge in [-0.1, -0.05) is 6.92 Å². The van der Waals surface area contributed by atoms with Crippen LogP contribution in [0.25, 0.3) is 11.2 Å². The Hall–Kier alpha value is -2.22. The molecule has 2 aromatic heterocycles. The molecule has 0 aliphatic heterocycles. The van der Waals surface area contributed by atoms with Crippen LogP contribution in [-0.2, 0) is 11.8 Å². The van der Waals surface area contributed by atoms with Crippen LogP contribution in [0.15, 0.2) is 16.1 Å². The van der Waals surface area contributed by atoms with Crippen molar-refractivity contribution in [1.29, 1.82) is 0 Å². The molecule has 0 aliphatic carbocycles. The molecule has 0 spiro atoms. The molecule has 23 heavy (non-hydrogen) atoms. The Labute approximate surface area is 135 Å². The van der Waals surface area contributed by atoms with Crippen molar-refractivity contribution < 1.29 is 4.74 Å². The predicted molar refractivity (Wildman–Crippen MR) is 90.2 cm³/mol. The smallest absolute Gasteiger partial charge is 0.282 e. The molecule has 0 N–H and O–H groups in total. The van der Waals surface area contributed by atoms with Gasteiger partial charge >= 0.3 is 0 Å². The zero-order valence-corrected chi connectivity index (χ0v) is 14.5. The third kappa shape index (κ3) is 3.58. The Bertz CT molecular complexity index is 761. The highest BCUT2D eigenvalue weighted by Crippen LogP contribution is 2.19. The van der Waals surface area contributed by atoms with Gasteiger partial charge < -0.3 is 9.64 Å².